The molecule has 0 saturated heterocycles. The topological polar surface area (TPSA) is 90.1 Å². The SMILES string of the molecule is COc1ccc(F)c(NC(=O)c2cncc(N)n2)c1. The maximum absolute atomic E-state index is 13.5. The number of carbonyl (C=O) groups is 1. The van der Waals surface area contributed by atoms with E-state index in [1.807, 2.05) is 0 Å². The van der Waals surface area contributed by atoms with Gasteiger partial charge >= 0.3 is 0 Å². The number of hydrogen-bond donors (Lipinski definition) is 2. The second-order valence-electron chi connectivity index (χ2n) is 3.63. The molecule has 0 fully saturated rings. The lowest BCUT2D eigenvalue weighted by Crippen LogP contribution is -2.15. The maximum Gasteiger partial charge on any atom is 0.276 e. The van der Waals surface area contributed by atoms with Gasteiger partial charge in [-0.15, -0.1) is 0 Å². The van der Waals surface area contributed by atoms with Gasteiger partial charge in [0, 0.05) is 6.07 Å². The second-order valence-corrected chi connectivity index (χ2v) is 3.63. The van der Waals surface area contributed by atoms with Gasteiger partial charge in [0.05, 0.1) is 25.2 Å². The molecule has 0 saturated carbocycles. The molecule has 7 heteroatoms. The Morgan fingerprint density at radius 2 is 2.21 bits per heavy atom. The Morgan fingerprint density at radius 3 is 2.89 bits per heavy atom. The van der Waals surface area contributed by atoms with E-state index in [-0.39, 0.29) is 17.2 Å². The molecule has 0 radical (unpaired) electrons. The number of nitrogens with zero attached hydrogens (tertiary/aromatic N) is 2. The van der Waals surface area contributed by atoms with Gasteiger partial charge in [-0.2, -0.15) is 0 Å². The largest absolute Gasteiger partial charge is 0.497 e. The lowest BCUT2D eigenvalue weighted by molar-refractivity contribution is 0.102. The Labute approximate surface area is 108 Å². The van der Waals surface area contributed by atoms with Gasteiger partial charge in [-0.1, -0.05) is 0 Å². The highest BCUT2D eigenvalue weighted by atomic mass is 19.1. The van der Waals surface area contributed by atoms with E-state index in [1.54, 1.807) is 0 Å². The molecule has 0 unspecified atom stereocenters. The van der Waals surface area contributed by atoms with Crippen molar-refractivity contribution in [3.8, 4) is 5.75 Å². The summed E-state index contributed by atoms with van der Waals surface area (Å²) in [6.45, 7) is 0. The molecule has 0 bridgehead atoms. The minimum absolute atomic E-state index is 0.00206. The molecule has 98 valence electrons. The molecule has 1 heterocycles. The number of nitrogens with two attached hydrogens (primary N) is 1. The summed E-state index contributed by atoms with van der Waals surface area (Å²) in [6.07, 6.45) is 2.55. The number of aromatic nitrogens is 2. The molecule has 6 nitrogen and oxygen atoms in total. The molecule has 1 aromatic heterocycles. The Kier molecular flexibility index (Phi) is 3.56. The van der Waals surface area contributed by atoms with Crippen LogP contribution in [-0.2, 0) is 0 Å². The maximum atomic E-state index is 13.5. The number of rotatable bonds is 3. The van der Waals surface area contributed by atoms with Crippen LogP contribution in [0.15, 0.2) is 30.6 Å². The van der Waals surface area contributed by atoms with Crippen molar-refractivity contribution in [2.45, 2.75) is 0 Å². The summed E-state index contributed by atoms with van der Waals surface area (Å²) in [5.74, 6) is -0.646. The normalized spacial score (nSPS) is 10.0. The van der Waals surface area contributed by atoms with Crippen molar-refractivity contribution in [2.75, 3.05) is 18.2 Å². The van der Waals surface area contributed by atoms with Gasteiger partial charge in [0.1, 0.15) is 23.1 Å². The highest BCUT2D eigenvalue weighted by Gasteiger charge is 2.12. The van der Waals surface area contributed by atoms with Crippen LogP contribution >= 0.6 is 0 Å². The Bertz CT molecular complexity index is 618. The summed E-state index contributed by atoms with van der Waals surface area (Å²) in [4.78, 5) is 19.4. The lowest BCUT2D eigenvalue weighted by atomic mass is 10.2. The zero-order chi connectivity index (χ0) is 13.8. The monoisotopic (exact) mass is 262 g/mol. The number of hydrogen-bond acceptors (Lipinski definition) is 5. The number of nitrogens with one attached hydrogen (secondary N) is 1. The van der Waals surface area contributed by atoms with Crippen LogP contribution in [0.1, 0.15) is 10.5 Å². The first kappa shape index (κ1) is 12.7. The first-order chi connectivity index (χ1) is 9.10. The summed E-state index contributed by atoms with van der Waals surface area (Å²) >= 11 is 0. The van der Waals surface area contributed by atoms with Gasteiger partial charge in [-0.25, -0.2) is 9.37 Å². The third-order valence-corrected chi connectivity index (χ3v) is 2.31. The van der Waals surface area contributed by atoms with Gasteiger partial charge in [0.25, 0.3) is 5.91 Å². The lowest BCUT2D eigenvalue weighted by Gasteiger charge is -2.07. The van der Waals surface area contributed by atoms with E-state index in [9.17, 15) is 9.18 Å². The van der Waals surface area contributed by atoms with Crippen LogP contribution in [0, 0.1) is 5.82 Å². The summed E-state index contributed by atoms with van der Waals surface area (Å²) in [5.41, 5.74) is 5.41. The van der Waals surface area contributed by atoms with Crippen LogP contribution < -0.4 is 15.8 Å². The molecule has 0 aliphatic heterocycles. The van der Waals surface area contributed by atoms with E-state index in [0.717, 1.165) is 0 Å². The Balaban J connectivity index is 2.23. The number of nitrogen functional groups attached to an aromatic ring is 1. The molecule has 0 spiro atoms. The van der Waals surface area contributed by atoms with E-state index in [1.165, 1.54) is 37.7 Å². The highest BCUT2D eigenvalue weighted by molar-refractivity contribution is 6.03. The van der Waals surface area contributed by atoms with E-state index < -0.39 is 11.7 Å². The predicted molar refractivity (Wildman–Crippen MR) is 67.3 cm³/mol. The first-order valence-corrected chi connectivity index (χ1v) is 5.32. The smallest absolute Gasteiger partial charge is 0.276 e. The molecule has 3 N–H and O–H groups in total. The van der Waals surface area contributed by atoms with E-state index in [4.69, 9.17) is 10.5 Å². The zero-order valence-electron chi connectivity index (χ0n) is 10.1. The van der Waals surface area contributed by atoms with Crippen LogP contribution in [0.4, 0.5) is 15.9 Å². The Morgan fingerprint density at radius 1 is 1.42 bits per heavy atom. The third-order valence-electron chi connectivity index (χ3n) is 2.31. The fourth-order valence-electron chi connectivity index (χ4n) is 1.40. The standard InChI is InChI=1S/C12H11FN4O2/c1-19-7-2-3-8(13)9(4-7)17-12(18)10-5-15-6-11(14)16-10/h2-6H,1H3,(H2,14,16)(H,17,18). The summed E-state index contributed by atoms with van der Waals surface area (Å²) in [7, 11) is 1.45. The van der Waals surface area contributed by atoms with Crippen molar-refractivity contribution in [3.63, 3.8) is 0 Å². The second kappa shape index (κ2) is 5.30. The average molecular weight is 262 g/mol. The molecule has 19 heavy (non-hydrogen) atoms. The van der Waals surface area contributed by atoms with E-state index >= 15 is 0 Å². The number of methoxy groups -OCH3 is 1. The van der Waals surface area contributed by atoms with Gasteiger partial charge in [0.2, 0.25) is 0 Å². The molecular formula is C12H11FN4O2. The van der Waals surface area contributed by atoms with Crippen LogP contribution in [0.5, 0.6) is 5.75 Å². The number of carbonyl (C=O) groups excluding carboxylic acids is 1. The summed E-state index contributed by atoms with van der Waals surface area (Å²) in [5, 5.41) is 2.38. The van der Waals surface area contributed by atoms with Crippen molar-refractivity contribution in [2.24, 2.45) is 0 Å². The zero-order valence-corrected chi connectivity index (χ0v) is 10.1. The minimum Gasteiger partial charge on any atom is -0.497 e. The van der Waals surface area contributed by atoms with Crippen molar-refractivity contribution < 1.29 is 13.9 Å². The van der Waals surface area contributed by atoms with Crippen LogP contribution in [0.2, 0.25) is 0 Å². The molecule has 2 rings (SSSR count). The number of anilines is 2. The first-order valence-electron chi connectivity index (χ1n) is 5.32. The van der Waals surface area contributed by atoms with Crippen molar-refractivity contribution in [1.82, 2.24) is 9.97 Å². The summed E-state index contributed by atoms with van der Waals surface area (Å²) in [6, 6.07) is 4.01. The van der Waals surface area contributed by atoms with Crippen LogP contribution in [0.25, 0.3) is 0 Å². The van der Waals surface area contributed by atoms with Crippen molar-refractivity contribution in [3.05, 3.63) is 42.1 Å². The van der Waals surface area contributed by atoms with E-state index in [2.05, 4.69) is 15.3 Å². The molecule has 1 amide bonds. The van der Waals surface area contributed by atoms with Gasteiger partial charge in [-0.05, 0) is 12.1 Å². The summed E-state index contributed by atoms with van der Waals surface area (Å²) < 4.78 is 18.5. The number of halogens is 1. The van der Waals surface area contributed by atoms with Crippen molar-refractivity contribution >= 4 is 17.4 Å². The quantitative estimate of drug-likeness (QED) is 0.873. The fraction of sp³-hybridized carbons (Fsp3) is 0.0833. The van der Waals surface area contributed by atoms with Crippen LogP contribution in [-0.4, -0.2) is 23.0 Å². The average Bonchev–Trinajstić information content (AvgIpc) is 2.41. The number of ether oxygens (including phenoxy) is 1. The molecule has 2 aromatic rings. The van der Waals surface area contributed by atoms with E-state index in [0.29, 0.717) is 5.75 Å². The predicted octanol–water partition coefficient (Wildman–Crippen LogP) is 1.46. The van der Waals surface area contributed by atoms with Gasteiger partial charge in [-0.3, -0.25) is 9.78 Å². The van der Waals surface area contributed by atoms with Crippen molar-refractivity contribution in [1.29, 1.82) is 0 Å². The van der Waals surface area contributed by atoms with Gasteiger partial charge in [0.15, 0.2) is 0 Å². The minimum atomic E-state index is -0.605. The molecule has 0 aliphatic rings. The molecule has 0 atom stereocenters. The highest BCUT2D eigenvalue weighted by Crippen LogP contribution is 2.21. The van der Waals surface area contributed by atoms with Crippen LogP contribution in [0.3, 0.4) is 0 Å². The fourth-order valence-corrected chi connectivity index (χ4v) is 1.40. The number of amides is 1. The molecular weight excluding hydrogens is 251 g/mol. The number of benzene rings is 1. The molecule has 0 aliphatic carbocycles. The third kappa shape index (κ3) is 2.95. The Hall–Kier alpha value is -2.70. The van der Waals surface area contributed by atoms with Gasteiger partial charge < -0.3 is 15.8 Å². The molecule has 1 aromatic carbocycles.